The molecule has 0 saturated heterocycles. The molecule has 0 atom stereocenters. The predicted octanol–water partition coefficient (Wildman–Crippen LogP) is 2.52. The van der Waals surface area contributed by atoms with Crippen molar-refractivity contribution in [2.24, 2.45) is 0 Å². The number of aryl methyl sites for hydroxylation is 1. The van der Waals surface area contributed by atoms with Crippen LogP contribution < -0.4 is 16.0 Å². The molecule has 134 valence electrons. The molecule has 1 aliphatic rings. The number of rotatable bonds is 4. The van der Waals surface area contributed by atoms with E-state index in [0.717, 1.165) is 31.4 Å². The van der Waals surface area contributed by atoms with Crippen LogP contribution in [0.25, 0.3) is 0 Å². The Balaban J connectivity index is 1.82. The molecule has 3 amide bonds. The van der Waals surface area contributed by atoms with E-state index in [2.05, 4.69) is 21.0 Å². The zero-order valence-electron chi connectivity index (χ0n) is 15.1. The van der Waals surface area contributed by atoms with E-state index in [1.165, 1.54) is 6.42 Å². The Morgan fingerprint density at radius 1 is 1.25 bits per heavy atom. The van der Waals surface area contributed by atoms with Gasteiger partial charge in [0.1, 0.15) is 5.82 Å². The zero-order valence-corrected chi connectivity index (χ0v) is 15.1. The highest BCUT2D eigenvalue weighted by Crippen LogP contribution is 2.21. The number of anilines is 1. The van der Waals surface area contributed by atoms with Crippen molar-refractivity contribution in [3.8, 4) is 0 Å². The van der Waals surface area contributed by atoms with Crippen LogP contribution in [-0.2, 0) is 10.3 Å². The van der Waals surface area contributed by atoms with Gasteiger partial charge >= 0.3 is 6.03 Å². The summed E-state index contributed by atoms with van der Waals surface area (Å²) in [6.45, 7) is 7.88. The maximum absolute atomic E-state index is 12.1. The molecule has 1 aromatic rings. The summed E-state index contributed by atoms with van der Waals surface area (Å²) in [6.07, 6.45) is 5.58. The Morgan fingerprint density at radius 2 is 1.92 bits per heavy atom. The average molecular weight is 335 g/mol. The van der Waals surface area contributed by atoms with Gasteiger partial charge in [-0.3, -0.25) is 4.79 Å². The molecule has 7 heteroatoms. The lowest BCUT2D eigenvalue weighted by atomic mass is 9.96. The first-order chi connectivity index (χ1) is 11.3. The summed E-state index contributed by atoms with van der Waals surface area (Å²) in [6, 6.07) is 1.77. The van der Waals surface area contributed by atoms with E-state index in [1.54, 1.807) is 4.68 Å². The lowest BCUT2D eigenvalue weighted by molar-refractivity contribution is -0.115. The van der Waals surface area contributed by atoms with Crippen molar-refractivity contribution in [1.29, 1.82) is 0 Å². The molecule has 3 N–H and O–H groups in total. The molecule has 1 aromatic heterocycles. The molecular formula is C17H29N5O2. The lowest BCUT2D eigenvalue weighted by Gasteiger charge is -2.23. The van der Waals surface area contributed by atoms with Gasteiger partial charge in [0, 0.05) is 12.1 Å². The van der Waals surface area contributed by atoms with Crippen LogP contribution in [0.2, 0.25) is 0 Å². The van der Waals surface area contributed by atoms with Crippen molar-refractivity contribution in [2.45, 2.75) is 71.4 Å². The fraction of sp³-hybridized carbons (Fsp3) is 0.706. The van der Waals surface area contributed by atoms with Gasteiger partial charge in [-0.25, -0.2) is 9.48 Å². The standard InChI is InChI=1S/C17H29N5O2/c1-12-10-14(22(21-12)17(2,3)4)20-15(23)11-18-16(24)19-13-8-6-5-7-9-13/h10,13H,5-9,11H2,1-4H3,(H,20,23)(H2,18,19,24). The van der Waals surface area contributed by atoms with Gasteiger partial charge < -0.3 is 16.0 Å². The molecule has 0 aliphatic heterocycles. The largest absolute Gasteiger partial charge is 0.335 e. The van der Waals surface area contributed by atoms with Gasteiger partial charge in [-0.15, -0.1) is 0 Å². The van der Waals surface area contributed by atoms with Crippen molar-refractivity contribution in [3.05, 3.63) is 11.8 Å². The molecule has 7 nitrogen and oxygen atoms in total. The molecule has 0 spiro atoms. The topological polar surface area (TPSA) is 88.0 Å². The van der Waals surface area contributed by atoms with Crippen LogP contribution in [0, 0.1) is 6.92 Å². The van der Waals surface area contributed by atoms with E-state index in [4.69, 9.17) is 0 Å². The van der Waals surface area contributed by atoms with Gasteiger partial charge in [0.2, 0.25) is 5.91 Å². The van der Waals surface area contributed by atoms with Gasteiger partial charge in [-0.1, -0.05) is 19.3 Å². The minimum absolute atomic E-state index is 0.0626. The third-order valence-corrected chi connectivity index (χ3v) is 4.08. The molecule has 1 fully saturated rings. The van der Waals surface area contributed by atoms with Crippen LogP contribution >= 0.6 is 0 Å². The summed E-state index contributed by atoms with van der Waals surface area (Å²) >= 11 is 0. The molecule has 1 heterocycles. The average Bonchev–Trinajstić information content (AvgIpc) is 2.87. The normalized spacial score (nSPS) is 15.8. The van der Waals surface area contributed by atoms with Crippen LogP contribution in [-0.4, -0.2) is 34.3 Å². The highest BCUT2D eigenvalue weighted by atomic mass is 16.2. The van der Waals surface area contributed by atoms with Gasteiger partial charge in [-0.2, -0.15) is 5.10 Å². The number of hydrogen-bond donors (Lipinski definition) is 3. The molecule has 0 aromatic carbocycles. The molecule has 0 bridgehead atoms. The van der Waals surface area contributed by atoms with Crippen molar-refractivity contribution >= 4 is 17.8 Å². The third-order valence-electron chi connectivity index (χ3n) is 4.08. The number of hydrogen-bond acceptors (Lipinski definition) is 3. The Morgan fingerprint density at radius 3 is 2.54 bits per heavy atom. The Kier molecular flexibility index (Phi) is 5.85. The van der Waals surface area contributed by atoms with Crippen molar-refractivity contribution in [3.63, 3.8) is 0 Å². The minimum atomic E-state index is -0.280. The summed E-state index contributed by atoms with van der Waals surface area (Å²) in [4.78, 5) is 24.0. The maximum atomic E-state index is 12.1. The number of amides is 3. The molecule has 1 aliphatic carbocycles. The third kappa shape index (κ3) is 5.25. The van der Waals surface area contributed by atoms with Gasteiger partial charge in [0.15, 0.2) is 0 Å². The molecule has 2 rings (SSSR count). The van der Waals surface area contributed by atoms with E-state index in [-0.39, 0.29) is 30.1 Å². The summed E-state index contributed by atoms with van der Waals surface area (Å²) in [5, 5.41) is 12.8. The minimum Gasteiger partial charge on any atom is -0.335 e. The first kappa shape index (κ1) is 18.3. The quantitative estimate of drug-likeness (QED) is 0.790. The zero-order chi connectivity index (χ0) is 17.7. The summed E-state index contributed by atoms with van der Waals surface area (Å²) < 4.78 is 1.78. The van der Waals surface area contributed by atoms with E-state index < -0.39 is 0 Å². The Labute approximate surface area is 143 Å². The number of carbonyl (C=O) groups excluding carboxylic acids is 2. The fourth-order valence-corrected chi connectivity index (χ4v) is 2.93. The Hall–Kier alpha value is -2.05. The number of carbonyl (C=O) groups is 2. The summed E-state index contributed by atoms with van der Waals surface area (Å²) in [7, 11) is 0. The highest BCUT2D eigenvalue weighted by molar-refractivity contribution is 5.93. The summed E-state index contributed by atoms with van der Waals surface area (Å²) in [5.41, 5.74) is 0.603. The molecule has 24 heavy (non-hydrogen) atoms. The van der Waals surface area contributed by atoms with E-state index in [9.17, 15) is 9.59 Å². The maximum Gasteiger partial charge on any atom is 0.315 e. The molecule has 0 radical (unpaired) electrons. The first-order valence-corrected chi connectivity index (χ1v) is 8.67. The van der Waals surface area contributed by atoms with Crippen LogP contribution in [0.3, 0.4) is 0 Å². The van der Waals surface area contributed by atoms with Crippen LogP contribution in [0.5, 0.6) is 0 Å². The fourth-order valence-electron chi connectivity index (χ4n) is 2.93. The van der Waals surface area contributed by atoms with Crippen LogP contribution in [0.15, 0.2) is 6.07 Å². The SMILES string of the molecule is Cc1cc(NC(=O)CNC(=O)NC2CCCCC2)n(C(C)(C)C)n1. The second kappa shape index (κ2) is 7.68. The number of aromatic nitrogens is 2. The monoisotopic (exact) mass is 335 g/mol. The van der Waals surface area contributed by atoms with E-state index in [0.29, 0.717) is 5.82 Å². The first-order valence-electron chi connectivity index (χ1n) is 8.67. The second-order valence-electron chi connectivity index (χ2n) is 7.46. The number of urea groups is 1. The summed E-state index contributed by atoms with van der Waals surface area (Å²) in [5.74, 6) is 0.374. The molecular weight excluding hydrogens is 306 g/mol. The Bertz CT molecular complexity index is 582. The predicted molar refractivity (Wildman–Crippen MR) is 94.0 cm³/mol. The lowest BCUT2D eigenvalue weighted by Crippen LogP contribution is -2.45. The van der Waals surface area contributed by atoms with Gasteiger partial charge in [-0.05, 0) is 40.5 Å². The van der Waals surface area contributed by atoms with Crippen molar-refractivity contribution in [1.82, 2.24) is 20.4 Å². The van der Waals surface area contributed by atoms with Gasteiger partial charge in [0.05, 0.1) is 17.8 Å². The van der Waals surface area contributed by atoms with Gasteiger partial charge in [0.25, 0.3) is 0 Å². The van der Waals surface area contributed by atoms with Crippen LogP contribution in [0.4, 0.5) is 10.6 Å². The van der Waals surface area contributed by atoms with E-state index in [1.807, 2.05) is 33.8 Å². The van der Waals surface area contributed by atoms with Crippen molar-refractivity contribution in [2.75, 3.05) is 11.9 Å². The van der Waals surface area contributed by atoms with Crippen molar-refractivity contribution < 1.29 is 9.59 Å². The van der Waals surface area contributed by atoms with Crippen LogP contribution in [0.1, 0.15) is 58.6 Å². The molecule has 0 unspecified atom stereocenters. The number of nitrogens with zero attached hydrogens (tertiary/aromatic N) is 2. The second-order valence-corrected chi connectivity index (χ2v) is 7.46. The number of nitrogens with one attached hydrogen (secondary N) is 3. The highest BCUT2D eigenvalue weighted by Gasteiger charge is 2.20. The smallest absolute Gasteiger partial charge is 0.315 e. The van der Waals surface area contributed by atoms with E-state index >= 15 is 0 Å². The molecule has 1 saturated carbocycles.